The first-order chi connectivity index (χ1) is 8.15. The van der Waals surface area contributed by atoms with Gasteiger partial charge in [0.15, 0.2) is 0 Å². The molecular formula is C10H12ClN3O2S. The SMILES string of the molecule is O=[N+]([O-])c1cc(Cl)nc(NCC2CCCS2)c1. The van der Waals surface area contributed by atoms with Crippen molar-refractivity contribution in [1.29, 1.82) is 0 Å². The van der Waals surface area contributed by atoms with Gasteiger partial charge in [-0.05, 0) is 18.6 Å². The van der Waals surface area contributed by atoms with Crippen LogP contribution in [0.25, 0.3) is 0 Å². The van der Waals surface area contributed by atoms with E-state index in [0.29, 0.717) is 11.1 Å². The van der Waals surface area contributed by atoms with Gasteiger partial charge in [-0.15, -0.1) is 0 Å². The second-order valence-corrected chi connectivity index (χ2v) is 5.60. The second kappa shape index (κ2) is 5.55. The molecule has 0 radical (unpaired) electrons. The number of anilines is 1. The lowest BCUT2D eigenvalue weighted by atomic mass is 10.2. The number of hydrogen-bond acceptors (Lipinski definition) is 5. The van der Waals surface area contributed by atoms with E-state index in [1.165, 1.54) is 30.7 Å². The Bertz CT molecular complexity index is 424. The number of rotatable bonds is 4. The van der Waals surface area contributed by atoms with Gasteiger partial charge in [-0.1, -0.05) is 11.6 Å². The monoisotopic (exact) mass is 273 g/mol. The third-order valence-electron chi connectivity index (χ3n) is 2.52. The summed E-state index contributed by atoms with van der Waals surface area (Å²) in [7, 11) is 0. The maximum Gasteiger partial charge on any atom is 0.276 e. The standard InChI is InChI=1S/C10H12ClN3O2S/c11-9-4-7(14(15)16)5-10(13-9)12-6-8-2-1-3-17-8/h4-5,8H,1-3,6H2,(H,12,13). The van der Waals surface area contributed by atoms with E-state index in [1.54, 1.807) is 0 Å². The van der Waals surface area contributed by atoms with E-state index in [-0.39, 0.29) is 10.8 Å². The van der Waals surface area contributed by atoms with Crippen LogP contribution in [0.4, 0.5) is 11.5 Å². The van der Waals surface area contributed by atoms with Crippen LogP contribution in [-0.2, 0) is 0 Å². The zero-order valence-electron chi connectivity index (χ0n) is 9.06. The first kappa shape index (κ1) is 12.4. The lowest BCUT2D eigenvalue weighted by molar-refractivity contribution is -0.384. The maximum atomic E-state index is 10.7. The average molecular weight is 274 g/mol. The minimum Gasteiger partial charge on any atom is -0.369 e. The lowest BCUT2D eigenvalue weighted by Crippen LogP contribution is -2.14. The van der Waals surface area contributed by atoms with Gasteiger partial charge in [0.25, 0.3) is 5.69 Å². The number of hydrogen-bond donors (Lipinski definition) is 1. The molecule has 1 fully saturated rings. The van der Waals surface area contributed by atoms with Crippen LogP contribution in [0.15, 0.2) is 12.1 Å². The largest absolute Gasteiger partial charge is 0.369 e. The minimum absolute atomic E-state index is 0.0356. The summed E-state index contributed by atoms with van der Waals surface area (Å²) in [6, 6.07) is 2.66. The molecule has 0 aliphatic carbocycles. The maximum absolute atomic E-state index is 10.7. The van der Waals surface area contributed by atoms with Crippen molar-refractivity contribution in [3.8, 4) is 0 Å². The van der Waals surface area contributed by atoms with Crippen LogP contribution < -0.4 is 5.32 Å². The van der Waals surface area contributed by atoms with Gasteiger partial charge in [-0.25, -0.2) is 4.98 Å². The molecule has 0 aromatic carbocycles. The second-order valence-electron chi connectivity index (χ2n) is 3.81. The fourth-order valence-corrected chi connectivity index (χ4v) is 3.11. The fraction of sp³-hybridized carbons (Fsp3) is 0.500. The highest BCUT2D eigenvalue weighted by Crippen LogP contribution is 2.27. The lowest BCUT2D eigenvalue weighted by Gasteiger charge is -2.10. The van der Waals surface area contributed by atoms with Crippen molar-refractivity contribution in [2.75, 3.05) is 17.6 Å². The molecule has 0 saturated carbocycles. The molecule has 1 saturated heterocycles. The topological polar surface area (TPSA) is 68.1 Å². The Kier molecular flexibility index (Phi) is 4.06. The number of nitrogens with one attached hydrogen (secondary N) is 1. The summed E-state index contributed by atoms with van der Waals surface area (Å²) in [5.74, 6) is 1.66. The molecular weight excluding hydrogens is 262 g/mol. The van der Waals surface area contributed by atoms with E-state index in [1.807, 2.05) is 11.8 Å². The molecule has 1 aromatic rings. The molecule has 5 nitrogen and oxygen atoms in total. The van der Waals surface area contributed by atoms with Gasteiger partial charge < -0.3 is 5.32 Å². The highest BCUT2D eigenvalue weighted by molar-refractivity contribution is 8.00. The highest BCUT2D eigenvalue weighted by Gasteiger charge is 2.16. The van der Waals surface area contributed by atoms with E-state index >= 15 is 0 Å². The van der Waals surface area contributed by atoms with Crippen molar-refractivity contribution in [1.82, 2.24) is 4.98 Å². The normalized spacial score (nSPS) is 19.2. The van der Waals surface area contributed by atoms with E-state index in [0.717, 1.165) is 6.54 Å². The Hall–Kier alpha value is -1.01. The Balaban J connectivity index is 2.01. The quantitative estimate of drug-likeness (QED) is 0.519. The first-order valence-corrected chi connectivity index (χ1v) is 6.75. The Labute approximate surface area is 108 Å². The van der Waals surface area contributed by atoms with Crippen LogP contribution in [-0.4, -0.2) is 27.5 Å². The molecule has 1 aromatic heterocycles. The van der Waals surface area contributed by atoms with Crippen LogP contribution in [0.2, 0.25) is 5.15 Å². The molecule has 92 valence electrons. The third kappa shape index (κ3) is 3.47. The van der Waals surface area contributed by atoms with E-state index < -0.39 is 4.92 Å². The number of pyridine rings is 1. The Morgan fingerprint density at radius 1 is 1.65 bits per heavy atom. The first-order valence-electron chi connectivity index (χ1n) is 5.32. The third-order valence-corrected chi connectivity index (χ3v) is 4.12. The van der Waals surface area contributed by atoms with Gasteiger partial charge in [-0.2, -0.15) is 11.8 Å². The molecule has 0 spiro atoms. The number of nitro groups is 1. The Morgan fingerprint density at radius 2 is 2.47 bits per heavy atom. The van der Waals surface area contributed by atoms with Crippen LogP contribution >= 0.6 is 23.4 Å². The summed E-state index contributed by atoms with van der Waals surface area (Å²) in [5.41, 5.74) is -0.0356. The fourth-order valence-electron chi connectivity index (χ4n) is 1.70. The predicted molar refractivity (Wildman–Crippen MR) is 69.9 cm³/mol. The molecule has 7 heteroatoms. The van der Waals surface area contributed by atoms with Crippen molar-refractivity contribution in [2.45, 2.75) is 18.1 Å². The van der Waals surface area contributed by atoms with Crippen molar-refractivity contribution >= 4 is 34.9 Å². The molecule has 0 amide bonds. The van der Waals surface area contributed by atoms with Gasteiger partial charge in [0.1, 0.15) is 11.0 Å². The van der Waals surface area contributed by atoms with Gasteiger partial charge in [0.2, 0.25) is 0 Å². The zero-order chi connectivity index (χ0) is 12.3. The summed E-state index contributed by atoms with van der Waals surface area (Å²) < 4.78 is 0. The van der Waals surface area contributed by atoms with Crippen molar-refractivity contribution in [2.24, 2.45) is 0 Å². The molecule has 1 unspecified atom stereocenters. The van der Waals surface area contributed by atoms with Crippen LogP contribution in [0.1, 0.15) is 12.8 Å². The van der Waals surface area contributed by atoms with Crippen LogP contribution in [0.3, 0.4) is 0 Å². The predicted octanol–water partition coefficient (Wildman–Crippen LogP) is 2.95. The molecule has 1 N–H and O–H groups in total. The molecule has 1 aliphatic heterocycles. The summed E-state index contributed by atoms with van der Waals surface area (Å²) in [6.07, 6.45) is 2.42. The summed E-state index contributed by atoms with van der Waals surface area (Å²) in [4.78, 5) is 14.2. The molecule has 0 bridgehead atoms. The molecule has 17 heavy (non-hydrogen) atoms. The molecule has 1 aliphatic rings. The van der Waals surface area contributed by atoms with E-state index in [4.69, 9.17) is 11.6 Å². The molecule has 1 atom stereocenters. The molecule has 2 rings (SSSR count). The van der Waals surface area contributed by atoms with Crippen LogP contribution in [0, 0.1) is 10.1 Å². The van der Waals surface area contributed by atoms with Gasteiger partial charge in [0.05, 0.1) is 17.1 Å². The van der Waals surface area contributed by atoms with E-state index in [9.17, 15) is 10.1 Å². The van der Waals surface area contributed by atoms with Crippen molar-refractivity contribution < 1.29 is 4.92 Å². The highest BCUT2D eigenvalue weighted by atomic mass is 35.5. The smallest absolute Gasteiger partial charge is 0.276 e. The Morgan fingerprint density at radius 3 is 3.12 bits per heavy atom. The van der Waals surface area contributed by atoms with Gasteiger partial charge in [0, 0.05) is 11.8 Å². The van der Waals surface area contributed by atoms with Gasteiger partial charge >= 0.3 is 0 Å². The zero-order valence-corrected chi connectivity index (χ0v) is 10.6. The van der Waals surface area contributed by atoms with E-state index in [2.05, 4.69) is 10.3 Å². The van der Waals surface area contributed by atoms with Crippen molar-refractivity contribution in [3.05, 3.63) is 27.4 Å². The summed E-state index contributed by atoms with van der Waals surface area (Å²) in [6.45, 7) is 0.773. The van der Waals surface area contributed by atoms with Crippen LogP contribution in [0.5, 0.6) is 0 Å². The average Bonchev–Trinajstić information content (AvgIpc) is 2.78. The van der Waals surface area contributed by atoms with Gasteiger partial charge in [-0.3, -0.25) is 10.1 Å². The summed E-state index contributed by atoms with van der Waals surface area (Å²) in [5, 5.41) is 14.5. The minimum atomic E-state index is -0.469. The number of nitrogens with zero attached hydrogens (tertiary/aromatic N) is 2. The van der Waals surface area contributed by atoms with Crippen molar-refractivity contribution in [3.63, 3.8) is 0 Å². The summed E-state index contributed by atoms with van der Waals surface area (Å²) >= 11 is 7.65. The number of thioether (sulfide) groups is 1. The molecule has 2 heterocycles. The number of halogens is 1. The number of aromatic nitrogens is 1.